The minimum Gasteiger partial charge on any atom is -0.264 e. The van der Waals surface area contributed by atoms with E-state index in [1.807, 2.05) is 0 Å². The van der Waals surface area contributed by atoms with Gasteiger partial charge in [-0.3, -0.25) is 4.98 Å². The van der Waals surface area contributed by atoms with Crippen LogP contribution in [0.3, 0.4) is 0 Å². The van der Waals surface area contributed by atoms with E-state index in [-0.39, 0.29) is 5.39 Å². The van der Waals surface area contributed by atoms with Crippen molar-refractivity contribution in [2.24, 2.45) is 0 Å². The van der Waals surface area contributed by atoms with Gasteiger partial charge >= 0.3 is 6.18 Å². The fourth-order valence-corrected chi connectivity index (χ4v) is 1.86. The Morgan fingerprint density at radius 1 is 1.18 bits per heavy atom. The maximum absolute atomic E-state index is 13.4. The number of halogens is 4. The molecule has 0 fully saturated rings. The third-order valence-corrected chi connectivity index (χ3v) is 2.62. The van der Waals surface area contributed by atoms with Gasteiger partial charge in [0, 0.05) is 23.2 Å². The third-order valence-electron chi connectivity index (χ3n) is 2.62. The summed E-state index contributed by atoms with van der Waals surface area (Å²) in [5, 5.41) is 0.216. The van der Waals surface area contributed by atoms with Crippen LogP contribution in [0.5, 0.6) is 0 Å². The molecule has 5 heteroatoms. The molecule has 2 aromatic rings. The van der Waals surface area contributed by atoms with Crippen LogP contribution < -0.4 is 0 Å². The SMILES string of the molecule is CCc1cncc2ccc(F)c(C(F)(F)F)c12. The van der Waals surface area contributed by atoms with Crippen LogP contribution in [0.2, 0.25) is 0 Å². The lowest BCUT2D eigenvalue weighted by Crippen LogP contribution is -2.10. The van der Waals surface area contributed by atoms with Gasteiger partial charge in [0.25, 0.3) is 0 Å². The molecule has 2 rings (SSSR count). The molecule has 0 N–H and O–H groups in total. The summed E-state index contributed by atoms with van der Waals surface area (Å²) in [6, 6.07) is 2.14. The smallest absolute Gasteiger partial charge is 0.264 e. The lowest BCUT2D eigenvalue weighted by Gasteiger charge is -2.13. The molecule has 1 aromatic heterocycles. The molecule has 1 heterocycles. The van der Waals surface area contributed by atoms with Crippen molar-refractivity contribution in [2.75, 3.05) is 0 Å². The number of fused-ring (bicyclic) bond motifs is 1. The van der Waals surface area contributed by atoms with E-state index >= 15 is 0 Å². The highest BCUT2D eigenvalue weighted by Crippen LogP contribution is 2.38. The maximum atomic E-state index is 13.4. The van der Waals surface area contributed by atoms with Gasteiger partial charge in [0.1, 0.15) is 5.82 Å². The van der Waals surface area contributed by atoms with Gasteiger partial charge in [-0.15, -0.1) is 0 Å². The van der Waals surface area contributed by atoms with Gasteiger partial charge in [0.2, 0.25) is 0 Å². The Hall–Kier alpha value is -1.65. The highest BCUT2D eigenvalue weighted by atomic mass is 19.4. The van der Waals surface area contributed by atoms with Crippen molar-refractivity contribution < 1.29 is 17.6 Å². The zero-order valence-corrected chi connectivity index (χ0v) is 8.98. The first-order valence-electron chi connectivity index (χ1n) is 5.07. The molecule has 0 saturated carbocycles. The number of hydrogen-bond acceptors (Lipinski definition) is 1. The number of aromatic nitrogens is 1. The molecule has 0 radical (unpaired) electrons. The van der Waals surface area contributed by atoms with Gasteiger partial charge < -0.3 is 0 Å². The number of nitrogens with zero attached hydrogens (tertiary/aromatic N) is 1. The van der Waals surface area contributed by atoms with Crippen molar-refractivity contribution in [1.29, 1.82) is 0 Å². The molecule has 90 valence electrons. The van der Waals surface area contributed by atoms with E-state index in [1.54, 1.807) is 6.92 Å². The van der Waals surface area contributed by atoms with E-state index in [0.29, 0.717) is 17.4 Å². The Labute approximate surface area is 95.1 Å². The summed E-state index contributed by atoms with van der Waals surface area (Å²) in [6.45, 7) is 1.71. The molecule has 1 nitrogen and oxygen atoms in total. The molecule has 0 aliphatic heterocycles. The van der Waals surface area contributed by atoms with Gasteiger partial charge in [-0.1, -0.05) is 6.92 Å². The van der Waals surface area contributed by atoms with Crippen molar-refractivity contribution >= 4 is 10.8 Å². The molecule has 0 atom stereocenters. The van der Waals surface area contributed by atoms with Crippen LogP contribution in [0.4, 0.5) is 17.6 Å². The van der Waals surface area contributed by atoms with Gasteiger partial charge in [-0.2, -0.15) is 13.2 Å². The third kappa shape index (κ3) is 1.97. The van der Waals surface area contributed by atoms with Crippen molar-refractivity contribution in [1.82, 2.24) is 4.98 Å². The van der Waals surface area contributed by atoms with Crippen molar-refractivity contribution in [2.45, 2.75) is 19.5 Å². The molecular formula is C12H9F4N. The highest BCUT2D eigenvalue weighted by Gasteiger charge is 2.36. The van der Waals surface area contributed by atoms with Gasteiger partial charge in [0.05, 0.1) is 5.56 Å². The van der Waals surface area contributed by atoms with E-state index in [0.717, 1.165) is 6.07 Å². The number of pyridine rings is 1. The van der Waals surface area contributed by atoms with E-state index in [1.165, 1.54) is 18.5 Å². The molecule has 0 saturated heterocycles. The van der Waals surface area contributed by atoms with Crippen LogP contribution in [0.1, 0.15) is 18.1 Å². The normalized spacial score (nSPS) is 12.1. The van der Waals surface area contributed by atoms with Crippen molar-refractivity contribution in [3.05, 3.63) is 41.5 Å². The van der Waals surface area contributed by atoms with Crippen LogP contribution in [0.15, 0.2) is 24.5 Å². The summed E-state index contributed by atoms with van der Waals surface area (Å²) >= 11 is 0. The molecule has 0 spiro atoms. The largest absolute Gasteiger partial charge is 0.419 e. The van der Waals surface area contributed by atoms with Gasteiger partial charge in [0.15, 0.2) is 0 Å². The fourth-order valence-electron chi connectivity index (χ4n) is 1.86. The molecule has 0 unspecified atom stereocenters. The topological polar surface area (TPSA) is 12.9 Å². The van der Waals surface area contributed by atoms with Crippen LogP contribution in [0.25, 0.3) is 10.8 Å². The molecule has 17 heavy (non-hydrogen) atoms. The maximum Gasteiger partial charge on any atom is 0.419 e. The van der Waals surface area contributed by atoms with Crippen LogP contribution in [-0.2, 0) is 12.6 Å². The highest BCUT2D eigenvalue weighted by molar-refractivity contribution is 5.88. The summed E-state index contributed by atoms with van der Waals surface area (Å²) in [7, 11) is 0. The Morgan fingerprint density at radius 3 is 2.47 bits per heavy atom. The van der Waals surface area contributed by atoms with Crippen LogP contribution >= 0.6 is 0 Å². The monoisotopic (exact) mass is 243 g/mol. The molecule has 0 aliphatic rings. The second kappa shape index (κ2) is 3.98. The average Bonchev–Trinajstić information content (AvgIpc) is 2.26. The summed E-state index contributed by atoms with van der Waals surface area (Å²) in [4.78, 5) is 3.85. The minimum atomic E-state index is -4.70. The molecule has 0 amide bonds. The Morgan fingerprint density at radius 2 is 1.88 bits per heavy atom. The van der Waals surface area contributed by atoms with E-state index in [2.05, 4.69) is 4.98 Å². The summed E-state index contributed by atoms with van der Waals surface area (Å²) in [5.74, 6) is -1.24. The fraction of sp³-hybridized carbons (Fsp3) is 0.250. The summed E-state index contributed by atoms with van der Waals surface area (Å²) < 4.78 is 51.9. The second-order valence-corrected chi connectivity index (χ2v) is 3.67. The first kappa shape index (κ1) is 11.8. The Kier molecular flexibility index (Phi) is 2.77. The summed E-state index contributed by atoms with van der Waals surface area (Å²) in [6.07, 6.45) is -1.67. The molecule has 0 aliphatic carbocycles. The van der Waals surface area contributed by atoms with Crippen molar-refractivity contribution in [3.63, 3.8) is 0 Å². The number of alkyl halides is 3. The number of rotatable bonds is 1. The number of benzene rings is 1. The average molecular weight is 243 g/mol. The quantitative estimate of drug-likeness (QED) is 0.691. The van der Waals surface area contributed by atoms with Crippen molar-refractivity contribution in [3.8, 4) is 0 Å². The standard InChI is InChI=1S/C12H9F4N/c1-2-7-5-17-6-8-3-4-9(13)11(10(7)8)12(14,15)16/h3-6H,2H2,1H3. The Bertz CT molecular complexity index is 560. The first-order valence-corrected chi connectivity index (χ1v) is 5.07. The zero-order valence-electron chi connectivity index (χ0n) is 8.98. The lowest BCUT2D eigenvalue weighted by molar-refractivity contribution is -0.138. The Balaban J connectivity index is 2.93. The second-order valence-electron chi connectivity index (χ2n) is 3.67. The lowest BCUT2D eigenvalue weighted by atomic mass is 9.99. The number of hydrogen-bond donors (Lipinski definition) is 0. The predicted octanol–water partition coefficient (Wildman–Crippen LogP) is 3.96. The van der Waals surface area contributed by atoms with E-state index in [9.17, 15) is 17.6 Å². The molecule has 0 bridgehead atoms. The van der Waals surface area contributed by atoms with Crippen LogP contribution in [-0.4, -0.2) is 4.98 Å². The minimum absolute atomic E-state index is 0.0880. The summed E-state index contributed by atoms with van der Waals surface area (Å²) in [5.41, 5.74) is -0.802. The van der Waals surface area contributed by atoms with Gasteiger partial charge in [-0.05, 0) is 24.1 Å². The first-order chi connectivity index (χ1) is 7.95. The zero-order chi connectivity index (χ0) is 12.6. The van der Waals surface area contributed by atoms with Crippen LogP contribution in [0, 0.1) is 5.82 Å². The van der Waals surface area contributed by atoms with E-state index < -0.39 is 17.6 Å². The molecule has 1 aromatic carbocycles. The van der Waals surface area contributed by atoms with E-state index in [4.69, 9.17) is 0 Å². The van der Waals surface area contributed by atoms with Gasteiger partial charge in [-0.25, -0.2) is 4.39 Å². The molecular weight excluding hydrogens is 234 g/mol. The predicted molar refractivity (Wildman–Crippen MR) is 56.1 cm³/mol. The number of aryl methyl sites for hydroxylation is 1.